The highest BCUT2D eigenvalue weighted by Crippen LogP contribution is 2.29. The van der Waals surface area contributed by atoms with Crippen molar-refractivity contribution in [3.05, 3.63) is 0 Å². The van der Waals surface area contributed by atoms with E-state index in [2.05, 4.69) is 26.1 Å². The maximum Gasteiger partial charge on any atom is 0.353 e. The molecule has 0 aliphatic carbocycles. The summed E-state index contributed by atoms with van der Waals surface area (Å²) in [6.45, 7) is 4.48. The highest BCUT2D eigenvalue weighted by molar-refractivity contribution is 8.60. The van der Waals surface area contributed by atoms with Crippen LogP contribution < -0.4 is 0 Å². The third-order valence-corrected chi connectivity index (χ3v) is 9.24. The topological polar surface area (TPSA) is 20.2 Å². The van der Waals surface area contributed by atoms with E-state index < -0.39 is 6.13 Å². The lowest BCUT2D eigenvalue weighted by molar-refractivity contribution is 0.657. The van der Waals surface area contributed by atoms with Gasteiger partial charge in [-0.05, 0) is 12.8 Å². The minimum absolute atomic E-state index is 0.201. The predicted octanol–water partition coefficient (Wildman–Crippen LogP) is 4.91. The van der Waals surface area contributed by atoms with Crippen molar-refractivity contribution >= 4 is 28.4 Å². The number of hydrogen-bond acceptors (Lipinski definition) is 0. The number of thiol groups is 1. The minimum Gasteiger partial charge on any atom is -0.178 e. The largest absolute Gasteiger partial charge is 0.353 e. The van der Waals surface area contributed by atoms with Crippen LogP contribution in [0.15, 0.2) is 0 Å². The molecule has 0 bridgehead atoms. The first-order valence-electron chi connectivity index (χ1n) is 6.57. The van der Waals surface area contributed by atoms with Gasteiger partial charge in [-0.1, -0.05) is 52.4 Å². The molecule has 0 saturated carbocycles. The Hall–Kier alpha value is 0.960. The minimum atomic E-state index is -0.983. The van der Waals surface area contributed by atoms with E-state index in [-0.39, 0.29) is 10.1 Å². The van der Waals surface area contributed by atoms with Gasteiger partial charge in [0.2, 0.25) is 0 Å². The molecule has 1 nitrogen and oxygen atoms in total. The van der Waals surface area contributed by atoms with Gasteiger partial charge in [-0.15, -0.1) is 0 Å². The zero-order chi connectivity index (χ0) is 12.2. The van der Waals surface area contributed by atoms with Crippen molar-refractivity contribution in [2.45, 2.75) is 65.2 Å². The van der Waals surface area contributed by atoms with Gasteiger partial charge in [-0.3, -0.25) is 0 Å². The second-order valence-corrected chi connectivity index (χ2v) is 11.0. The third-order valence-electron chi connectivity index (χ3n) is 2.70. The van der Waals surface area contributed by atoms with E-state index in [4.69, 9.17) is 0 Å². The van der Waals surface area contributed by atoms with Crippen molar-refractivity contribution < 1.29 is 4.89 Å². The molecule has 0 spiro atoms. The molecule has 0 heterocycles. The first-order valence-corrected chi connectivity index (χ1v) is 11.2. The molecular weight excluding hydrogens is 255 g/mol. The standard InChI is InChI=1S/C12H28OPS2/c1-3-5-7-9-11-16(14(13)15)12-10-8-6-4-2/h13,15H,3-12H2,1-2H3/q+1. The first-order chi connectivity index (χ1) is 7.72. The van der Waals surface area contributed by atoms with E-state index >= 15 is 0 Å². The Morgan fingerprint density at radius 2 is 1.31 bits per heavy atom. The highest BCUT2D eigenvalue weighted by Gasteiger charge is 2.10. The van der Waals surface area contributed by atoms with Crippen molar-refractivity contribution in [2.24, 2.45) is 0 Å². The molecular formula is C12H28OPS2+. The summed E-state index contributed by atoms with van der Waals surface area (Å²) in [5.41, 5.74) is 0. The van der Waals surface area contributed by atoms with Crippen LogP contribution in [0.2, 0.25) is 0 Å². The van der Waals surface area contributed by atoms with Crippen LogP contribution in [0.25, 0.3) is 0 Å². The Balaban J connectivity index is 3.69. The summed E-state index contributed by atoms with van der Waals surface area (Å²) in [6.07, 6.45) is 9.49. The molecule has 0 radical (unpaired) electrons. The summed E-state index contributed by atoms with van der Waals surface area (Å²) in [4.78, 5) is 9.67. The molecule has 0 aromatic carbocycles. The summed E-state index contributed by atoms with van der Waals surface area (Å²) in [7, 11) is 0.201. The van der Waals surface area contributed by atoms with Crippen molar-refractivity contribution in [3.8, 4) is 0 Å². The molecule has 0 rings (SSSR count). The summed E-state index contributed by atoms with van der Waals surface area (Å²) >= 11 is 4.28. The van der Waals surface area contributed by atoms with Crippen LogP contribution in [0.1, 0.15) is 65.2 Å². The lowest BCUT2D eigenvalue weighted by Crippen LogP contribution is -2.01. The number of hydrogen-bond donors (Lipinski definition) is 2. The van der Waals surface area contributed by atoms with Gasteiger partial charge < -0.3 is 0 Å². The molecule has 0 aliphatic heterocycles. The fourth-order valence-corrected chi connectivity index (χ4v) is 6.49. The highest BCUT2D eigenvalue weighted by atomic mass is 32.9. The van der Waals surface area contributed by atoms with Gasteiger partial charge in [0.1, 0.15) is 12.2 Å². The van der Waals surface area contributed by atoms with Crippen LogP contribution in [0, 0.1) is 0 Å². The Labute approximate surface area is 110 Å². The van der Waals surface area contributed by atoms with Gasteiger partial charge in [-0.25, -0.2) is 0 Å². The van der Waals surface area contributed by atoms with Crippen molar-refractivity contribution in [3.63, 3.8) is 0 Å². The molecule has 16 heavy (non-hydrogen) atoms. The molecule has 0 aliphatic rings. The summed E-state index contributed by atoms with van der Waals surface area (Å²) in [6, 6.07) is 0. The zero-order valence-electron chi connectivity index (χ0n) is 10.8. The normalized spacial score (nSPS) is 12.2. The van der Waals surface area contributed by atoms with Gasteiger partial charge in [0, 0.05) is 21.6 Å². The summed E-state index contributed by atoms with van der Waals surface area (Å²) < 4.78 is 0. The lowest BCUT2D eigenvalue weighted by Gasteiger charge is -2.03. The van der Waals surface area contributed by atoms with Gasteiger partial charge in [0.05, 0.1) is 0 Å². The molecule has 0 fully saturated rings. The van der Waals surface area contributed by atoms with Gasteiger partial charge in [0.15, 0.2) is 0 Å². The molecule has 0 saturated heterocycles. The van der Waals surface area contributed by atoms with Crippen LogP contribution in [0.5, 0.6) is 0 Å². The maximum atomic E-state index is 9.67. The predicted molar refractivity (Wildman–Crippen MR) is 83.5 cm³/mol. The average molecular weight is 283 g/mol. The van der Waals surface area contributed by atoms with Crippen molar-refractivity contribution in [2.75, 3.05) is 11.5 Å². The molecule has 0 aromatic rings. The van der Waals surface area contributed by atoms with Gasteiger partial charge in [-0.2, -0.15) is 4.89 Å². The van der Waals surface area contributed by atoms with Gasteiger partial charge in [0.25, 0.3) is 0 Å². The molecule has 1 atom stereocenters. The first kappa shape index (κ1) is 17.0. The van der Waals surface area contributed by atoms with Crippen LogP contribution in [0.4, 0.5) is 0 Å². The van der Waals surface area contributed by atoms with Crippen LogP contribution >= 0.6 is 18.4 Å². The van der Waals surface area contributed by atoms with E-state index in [0.29, 0.717) is 0 Å². The summed E-state index contributed by atoms with van der Waals surface area (Å²) in [5.74, 6) is 2.41. The number of unbranched alkanes of at least 4 members (excludes halogenated alkanes) is 6. The van der Waals surface area contributed by atoms with Crippen molar-refractivity contribution in [1.29, 1.82) is 0 Å². The Kier molecular flexibility index (Phi) is 13.2. The third kappa shape index (κ3) is 10.1. The Morgan fingerprint density at radius 1 is 0.875 bits per heavy atom. The smallest absolute Gasteiger partial charge is 0.178 e. The van der Waals surface area contributed by atoms with Crippen molar-refractivity contribution in [1.82, 2.24) is 0 Å². The fraction of sp³-hybridized carbons (Fsp3) is 1.00. The summed E-state index contributed by atoms with van der Waals surface area (Å²) in [5, 5.41) is 0. The molecule has 98 valence electrons. The average Bonchev–Trinajstić information content (AvgIpc) is 2.26. The monoisotopic (exact) mass is 283 g/mol. The SMILES string of the molecule is CCCCCCS(CCCCCC)=[P+](O)S. The van der Waals surface area contributed by atoms with E-state index in [1.54, 1.807) is 0 Å². The van der Waals surface area contributed by atoms with Crippen LogP contribution in [-0.4, -0.2) is 16.4 Å². The second-order valence-electron chi connectivity index (χ2n) is 4.24. The molecule has 0 aromatic heterocycles. The van der Waals surface area contributed by atoms with E-state index in [1.807, 2.05) is 0 Å². The fourth-order valence-electron chi connectivity index (χ4n) is 1.66. The zero-order valence-corrected chi connectivity index (χ0v) is 13.4. The Morgan fingerprint density at radius 3 is 1.62 bits per heavy atom. The van der Waals surface area contributed by atoms with E-state index in [1.165, 1.54) is 62.9 Å². The maximum absolute atomic E-state index is 9.67. The van der Waals surface area contributed by atoms with Crippen LogP contribution in [0.3, 0.4) is 0 Å². The van der Waals surface area contributed by atoms with E-state index in [0.717, 1.165) is 0 Å². The molecule has 4 heteroatoms. The second kappa shape index (κ2) is 12.4. The lowest BCUT2D eigenvalue weighted by atomic mass is 10.2. The van der Waals surface area contributed by atoms with E-state index in [9.17, 15) is 4.89 Å². The molecule has 0 amide bonds. The Bertz CT molecular complexity index is 177. The van der Waals surface area contributed by atoms with Gasteiger partial charge >= 0.3 is 6.13 Å². The molecule has 1 N–H and O–H groups in total. The molecule has 1 unspecified atom stereocenters. The van der Waals surface area contributed by atoms with Crippen LogP contribution in [-0.2, 0) is 10.1 Å². The quantitative estimate of drug-likeness (QED) is 0.331. The number of rotatable bonds is 10.